The van der Waals surface area contributed by atoms with Crippen molar-refractivity contribution in [1.29, 1.82) is 0 Å². The Balaban J connectivity index is 1.39. The fourth-order valence-corrected chi connectivity index (χ4v) is 5.49. The number of para-hydroxylation sites is 1. The fourth-order valence-electron chi connectivity index (χ4n) is 5.49. The van der Waals surface area contributed by atoms with Gasteiger partial charge in [0.25, 0.3) is 0 Å². The van der Waals surface area contributed by atoms with Crippen molar-refractivity contribution in [3.63, 3.8) is 0 Å². The number of urea groups is 1. The lowest BCUT2D eigenvalue weighted by atomic mass is 9.98. The van der Waals surface area contributed by atoms with Gasteiger partial charge in [-0.25, -0.2) is 9.80 Å². The summed E-state index contributed by atoms with van der Waals surface area (Å²) in [5.41, 5.74) is 1.88. The van der Waals surface area contributed by atoms with Crippen molar-refractivity contribution in [3.05, 3.63) is 102 Å². The molecule has 0 bridgehead atoms. The van der Waals surface area contributed by atoms with Gasteiger partial charge in [-0.05, 0) is 29.7 Å². The number of rotatable bonds is 10. The minimum atomic E-state index is -0.758. The molecule has 2 heterocycles. The third-order valence-corrected chi connectivity index (χ3v) is 7.45. The summed E-state index contributed by atoms with van der Waals surface area (Å²) in [4.78, 5) is 44.6. The van der Waals surface area contributed by atoms with Gasteiger partial charge in [0.2, 0.25) is 11.8 Å². The van der Waals surface area contributed by atoms with E-state index in [0.717, 1.165) is 16.9 Å². The van der Waals surface area contributed by atoms with E-state index in [-0.39, 0.29) is 37.5 Å². The Hall–Kier alpha value is -4.81. The van der Waals surface area contributed by atoms with Gasteiger partial charge in [-0.15, -0.1) is 6.42 Å². The van der Waals surface area contributed by atoms with E-state index in [4.69, 9.17) is 11.2 Å². The van der Waals surface area contributed by atoms with E-state index in [1.54, 1.807) is 14.8 Å². The number of hydrogen-bond donors (Lipinski definition) is 1. The zero-order valence-electron chi connectivity index (χ0n) is 23.5. The van der Waals surface area contributed by atoms with Crippen molar-refractivity contribution in [2.45, 2.75) is 31.6 Å². The molecule has 216 valence electrons. The lowest BCUT2D eigenvalue weighted by Gasteiger charge is -2.55. The van der Waals surface area contributed by atoms with Crippen LogP contribution in [0, 0.1) is 12.3 Å². The van der Waals surface area contributed by atoms with Gasteiger partial charge in [-0.1, -0.05) is 84.8 Å². The summed E-state index contributed by atoms with van der Waals surface area (Å²) < 4.78 is 5.85. The Bertz CT molecular complexity index is 1400. The first-order chi connectivity index (χ1) is 20.5. The zero-order valence-corrected chi connectivity index (χ0v) is 23.5. The van der Waals surface area contributed by atoms with Crippen LogP contribution in [-0.4, -0.2) is 82.7 Å². The van der Waals surface area contributed by atoms with E-state index in [1.165, 1.54) is 5.01 Å². The Morgan fingerprint density at radius 2 is 1.57 bits per heavy atom. The molecule has 0 spiro atoms. The number of hydrogen-bond acceptors (Lipinski definition) is 5. The van der Waals surface area contributed by atoms with Gasteiger partial charge >= 0.3 is 6.03 Å². The first-order valence-electron chi connectivity index (χ1n) is 14.2. The van der Waals surface area contributed by atoms with E-state index in [1.807, 2.05) is 91.0 Å². The average Bonchev–Trinajstić information content (AvgIpc) is 3.01. The summed E-state index contributed by atoms with van der Waals surface area (Å²) >= 11 is 0. The maximum Gasteiger partial charge on any atom is 0.334 e. The first kappa shape index (κ1) is 28.7. The van der Waals surface area contributed by atoms with Crippen molar-refractivity contribution in [2.75, 3.05) is 32.8 Å². The minimum Gasteiger partial charge on any atom is -0.494 e. The largest absolute Gasteiger partial charge is 0.494 e. The summed E-state index contributed by atoms with van der Waals surface area (Å²) in [6, 6.07) is 27.6. The molecule has 5 rings (SSSR count). The number of fused-ring (bicyclic) bond motifs is 1. The lowest BCUT2D eigenvalue weighted by Crippen LogP contribution is -2.76. The second-order valence-corrected chi connectivity index (χ2v) is 10.3. The van der Waals surface area contributed by atoms with Gasteiger partial charge in [-0.3, -0.25) is 9.59 Å². The van der Waals surface area contributed by atoms with Crippen LogP contribution in [0.1, 0.15) is 17.5 Å². The number of hydrazine groups is 1. The topological polar surface area (TPSA) is 85.4 Å². The van der Waals surface area contributed by atoms with E-state index in [9.17, 15) is 14.4 Å². The number of carbonyl (C=O) groups excluding carboxylic acids is 3. The molecular formula is C33H35N5O4. The number of ether oxygens (including phenoxy) is 1. The smallest absolute Gasteiger partial charge is 0.334 e. The Kier molecular flexibility index (Phi) is 9.37. The molecule has 1 N–H and O–H groups in total. The molecule has 2 saturated heterocycles. The van der Waals surface area contributed by atoms with Crippen LogP contribution in [0.15, 0.2) is 91.0 Å². The molecule has 2 fully saturated rings. The molecule has 2 atom stereocenters. The second kappa shape index (κ2) is 13.7. The highest BCUT2D eigenvalue weighted by molar-refractivity contribution is 5.91. The van der Waals surface area contributed by atoms with Crippen LogP contribution in [0.25, 0.3) is 0 Å². The summed E-state index contributed by atoms with van der Waals surface area (Å²) in [7, 11) is 0. The van der Waals surface area contributed by atoms with E-state index in [0.29, 0.717) is 32.5 Å². The average molecular weight is 566 g/mol. The Morgan fingerprint density at radius 3 is 2.24 bits per heavy atom. The fraction of sp³-hybridized carbons (Fsp3) is 0.303. The maximum atomic E-state index is 13.9. The summed E-state index contributed by atoms with van der Waals surface area (Å²) in [5, 5.41) is 6.10. The number of benzene rings is 3. The molecule has 4 amide bonds. The van der Waals surface area contributed by atoms with Crippen LogP contribution < -0.4 is 10.1 Å². The SMILES string of the molecule is C#CCN1CC(=O)N2[C@@H](Cc3ccccc3)C(=O)N(CCCOc3ccccc3)C[C@@H]2N1C(=O)NCc1ccccc1. The zero-order chi connectivity index (χ0) is 29.3. The summed E-state index contributed by atoms with van der Waals surface area (Å²) in [6.07, 6.45) is 5.88. The predicted octanol–water partition coefficient (Wildman–Crippen LogP) is 3.14. The molecule has 0 unspecified atom stereocenters. The first-order valence-corrected chi connectivity index (χ1v) is 14.2. The summed E-state index contributed by atoms with van der Waals surface area (Å²) in [6.45, 7) is 1.31. The van der Waals surface area contributed by atoms with E-state index < -0.39 is 12.2 Å². The molecule has 3 aromatic carbocycles. The van der Waals surface area contributed by atoms with Gasteiger partial charge in [0, 0.05) is 19.5 Å². The number of piperazine rings is 1. The van der Waals surface area contributed by atoms with Crippen LogP contribution in [-0.2, 0) is 22.6 Å². The molecule has 3 aromatic rings. The monoisotopic (exact) mass is 565 g/mol. The third-order valence-electron chi connectivity index (χ3n) is 7.45. The quantitative estimate of drug-likeness (QED) is 0.302. The van der Waals surface area contributed by atoms with Crippen molar-refractivity contribution >= 4 is 17.8 Å². The molecule has 0 aliphatic carbocycles. The lowest BCUT2D eigenvalue weighted by molar-refractivity contribution is -0.188. The minimum absolute atomic E-state index is 0.0804. The summed E-state index contributed by atoms with van der Waals surface area (Å²) in [5.74, 6) is 2.97. The second-order valence-electron chi connectivity index (χ2n) is 10.3. The molecular weight excluding hydrogens is 530 g/mol. The number of nitrogens with one attached hydrogen (secondary N) is 1. The maximum absolute atomic E-state index is 13.9. The molecule has 0 aromatic heterocycles. The number of amides is 4. The molecule has 0 saturated carbocycles. The highest BCUT2D eigenvalue weighted by atomic mass is 16.5. The third kappa shape index (κ3) is 6.73. The molecule has 0 radical (unpaired) electrons. The van der Waals surface area contributed by atoms with E-state index >= 15 is 0 Å². The van der Waals surface area contributed by atoms with Gasteiger partial charge in [0.1, 0.15) is 18.0 Å². The predicted molar refractivity (Wildman–Crippen MR) is 159 cm³/mol. The standard InChI is InChI=1S/C33H35N5O4/c1-2-19-36-25-31(39)37-29(22-26-13-6-3-7-14-26)32(40)35(20-12-21-42-28-17-10-5-11-18-28)24-30(37)38(36)33(41)34-23-27-15-8-4-9-16-27/h1,3-11,13-18,29-30H,12,19-25H2,(H,34,41)/t29-,30-/m0/s1. The van der Waals surface area contributed by atoms with Crippen LogP contribution in [0.5, 0.6) is 5.75 Å². The Labute approximate surface area is 246 Å². The number of terminal acetylenes is 1. The molecule has 42 heavy (non-hydrogen) atoms. The molecule has 9 heteroatoms. The van der Waals surface area contributed by atoms with Crippen molar-refractivity contribution in [3.8, 4) is 18.1 Å². The number of nitrogens with zero attached hydrogens (tertiary/aromatic N) is 4. The van der Waals surface area contributed by atoms with Crippen LogP contribution >= 0.6 is 0 Å². The highest BCUT2D eigenvalue weighted by Gasteiger charge is 2.51. The van der Waals surface area contributed by atoms with Crippen molar-refractivity contribution in [1.82, 2.24) is 25.1 Å². The van der Waals surface area contributed by atoms with Gasteiger partial charge in [0.15, 0.2) is 0 Å². The van der Waals surface area contributed by atoms with Gasteiger partial charge in [0.05, 0.1) is 26.2 Å². The van der Waals surface area contributed by atoms with Gasteiger partial charge in [-0.2, -0.15) is 5.01 Å². The van der Waals surface area contributed by atoms with E-state index in [2.05, 4.69) is 11.2 Å². The number of carbonyl (C=O) groups is 3. The molecule has 9 nitrogen and oxygen atoms in total. The normalized spacial score (nSPS) is 18.8. The van der Waals surface area contributed by atoms with Crippen molar-refractivity contribution < 1.29 is 19.1 Å². The van der Waals surface area contributed by atoms with Crippen molar-refractivity contribution in [2.24, 2.45) is 0 Å². The van der Waals surface area contributed by atoms with Crippen LogP contribution in [0.4, 0.5) is 4.79 Å². The van der Waals surface area contributed by atoms with Crippen LogP contribution in [0.3, 0.4) is 0 Å². The Morgan fingerprint density at radius 1 is 0.929 bits per heavy atom. The van der Waals surface area contributed by atoms with Gasteiger partial charge < -0.3 is 19.9 Å². The molecule has 2 aliphatic heterocycles. The highest BCUT2D eigenvalue weighted by Crippen LogP contribution is 2.28. The molecule has 2 aliphatic rings. The van der Waals surface area contributed by atoms with Crippen LogP contribution in [0.2, 0.25) is 0 Å².